The fourth-order valence-corrected chi connectivity index (χ4v) is 4.15. The molecule has 28 heavy (non-hydrogen) atoms. The zero-order valence-corrected chi connectivity index (χ0v) is 17.8. The third kappa shape index (κ3) is 4.64. The average Bonchev–Trinajstić information content (AvgIpc) is 2.51. The number of nitrogens with zero attached hydrogens (tertiary/aromatic N) is 2. The zero-order valence-electron chi connectivity index (χ0n) is 16.3. The number of amides is 1. The molecule has 1 aliphatic rings. The maximum absolute atomic E-state index is 12.1. The van der Waals surface area contributed by atoms with E-state index in [4.69, 9.17) is 16.3 Å². The van der Waals surface area contributed by atoms with Crippen molar-refractivity contribution in [3.8, 4) is 11.1 Å². The summed E-state index contributed by atoms with van der Waals surface area (Å²) >= 11 is 5.86. The lowest BCUT2D eigenvalue weighted by molar-refractivity contribution is 0.00819. The summed E-state index contributed by atoms with van der Waals surface area (Å²) in [6, 6.07) is 9.00. The SMILES string of the molecule is CC(C)(C)OC(=O)N1CC(c2ccc(-c3cnc(Cl)cc3S(C)(=O)=O)cc2)C1. The number of hydrogen-bond donors (Lipinski definition) is 0. The summed E-state index contributed by atoms with van der Waals surface area (Å²) in [5.74, 6) is 0.235. The lowest BCUT2D eigenvalue weighted by atomic mass is 9.90. The third-order valence-corrected chi connectivity index (χ3v) is 5.80. The summed E-state index contributed by atoms with van der Waals surface area (Å²) in [7, 11) is -3.44. The molecule has 0 aliphatic carbocycles. The molecule has 0 radical (unpaired) electrons. The Morgan fingerprint density at radius 1 is 1.21 bits per heavy atom. The number of carbonyl (C=O) groups is 1. The van der Waals surface area contributed by atoms with Gasteiger partial charge in [0.05, 0.1) is 4.90 Å². The molecule has 0 unspecified atom stereocenters. The molecule has 150 valence electrons. The lowest BCUT2D eigenvalue weighted by Gasteiger charge is -2.40. The second kappa shape index (κ2) is 7.37. The number of pyridine rings is 1. The second-order valence-electron chi connectivity index (χ2n) is 7.98. The molecule has 0 bridgehead atoms. The molecule has 3 rings (SSSR count). The Bertz CT molecular complexity index is 992. The molecule has 0 N–H and O–H groups in total. The molecule has 1 aliphatic heterocycles. The molecule has 2 aromatic rings. The fourth-order valence-electron chi connectivity index (χ4n) is 3.04. The average molecular weight is 423 g/mol. The summed E-state index contributed by atoms with van der Waals surface area (Å²) < 4.78 is 29.5. The van der Waals surface area contributed by atoms with Crippen LogP contribution in [0.15, 0.2) is 41.4 Å². The number of rotatable bonds is 3. The van der Waals surface area contributed by atoms with Crippen LogP contribution in [0.3, 0.4) is 0 Å². The summed E-state index contributed by atoms with van der Waals surface area (Å²) in [4.78, 5) is 17.9. The zero-order chi connectivity index (χ0) is 20.7. The van der Waals surface area contributed by atoms with Gasteiger partial charge in [-0.3, -0.25) is 0 Å². The largest absolute Gasteiger partial charge is 0.444 e. The first-order chi connectivity index (χ1) is 12.9. The van der Waals surface area contributed by atoms with Gasteiger partial charge in [0.1, 0.15) is 10.8 Å². The Labute approximate surface area is 170 Å². The Morgan fingerprint density at radius 3 is 2.36 bits per heavy atom. The summed E-state index contributed by atoms with van der Waals surface area (Å²) in [5, 5.41) is 0.137. The van der Waals surface area contributed by atoms with Gasteiger partial charge in [-0.1, -0.05) is 35.9 Å². The predicted molar refractivity (Wildman–Crippen MR) is 108 cm³/mol. The predicted octanol–water partition coefficient (Wildman–Crippen LogP) is 4.14. The highest BCUT2D eigenvalue weighted by molar-refractivity contribution is 7.90. The van der Waals surface area contributed by atoms with Crippen molar-refractivity contribution in [1.29, 1.82) is 0 Å². The molecule has 1 amide bonds. The number of ether oxygens (including phenoxy) is 1. The molecule has 1 saturated heterocycles. The standard InChI is InChI=1S/C20H23ClN2O4S/c1-20(2,3)27-19(24)23-11-15(12-23)13-5-7-14(8-6-13)16-10-22-18(21)9-17(16)28(4,25)26/h5-10,15H,11-12H2,1-4H3. The number of halogens is 1. The van der Waals surface area contributed by atoms with Crippen LogP contribution in [-0.4, -0.2) is 49.3 Å². The van der Waals surface area contributed by atoms with Gasteiger partial charge in [0.25, 0.3) is 0 Å². The fraction of sp³-hybridized carbons (Fsp3) is 0.400. The van der Waals surface area contributed by atoms with Crippen molar-refractivity contribution in [3.63, 3.8) is 0 Å². The maximum atomic E-state index is 12.1. The van der Waals surface area contributed by atoms with E-state index in [0.717, 1.165) is 17.4 Å². The van der Waals surface area contributed by atoms with Crippen molar-refractivity contribution in [2.75, 3.05) is 19.3 Å². The minimum atomic E-state index is -3.44. The molecule has 0 spiro atoms. The highest BCUT2D eigenvalue weighted by Gasteiger charge is 2.34. The van der Waals surface area contributed by atoms with E-state index in [1.54, 1.807) is 4.90 Å². The van der Waals surface area contributed by atoms with Gasteiger partial charge < -0.3 is 9.64 Å². The van der Waals surface area contributed by atoms with Crippen molar-refractivity contribution in [3.05, 3.63) is 47.2 Å². The summed E-state index contributed by atoms with van der Waals surface area (Å²) in [5.41, 5.74) is 1.85. The molecule has 2 heterocycles. The quantitative estimate of drug-likeness (QED) is 0.695. The Kier molecular flexibility index (Phi) is 5.42. The highest BCUT2D eigenvalue weighted by atomic mass is 35.5. The molecule has 1 aromatic carbocycles. The van der Waals surface area contributed by atoms with Crippen molar-refractivity contribution in [2.45, 2.75) is 37.2 Å². The summed E-state index contributed by atoms with van der Waals surface area (Å²) in [6.45, 7) is 6.74. The van der Waals surface area contributed by atoms with Crippen LogP contribution in [0.4, 0.5) is 4.79 Å². The number of benzene rings is 1. The van der Waals surface area contributed by atoms with Gasteiger partial charge in [-0.15, -0.1) is 0 Å². The van der Waals surface area contributed by atoms with Crippen molar-refractivity contribution in [2.24, 2.45) is 0 Å². The van der Waals surface area contributed by atoms with Gasteiger partial charge in [0.15, 0.2) is 9.84 Å². The van der Waals surface area contributed by atoms with Gasteiger partial charge in [-0.05, 0) is 38.0 Å². The van der Waals surface area contributed by atoms with Crippen molar-refractivity contribution >= 4 is 27.5 Å². The van der Waals surface area contributed by atoms with Gasteiger partial charge in [-0.25, -0.2) is 18.2 Å². The normalized spacial score (nSPS) is 15.2. The van der Waals surface area contributed by atoms with Crippen LogP contribution in [0.5, 0.6) is 0 Å². The molecule has 0 atom stereocenters. The molecule has 1 aromatic heterocycles. The van der Waals surface area contributed by atoms with Gasteiger partial charge >= 0.3 is 6.09 Å². The number of carbonyl (C=O) groups excluding carboxylic acids is 1. The van der Waals surface area contributed by atoms with E-state index in [0.29, 0.717) is 18.7 Å². The first-order valence-electron chi connectivity index (χ1n) is 8.88. The molecular formula is C20H23ClN2O4S. The first kappa shape index (κ1) is 20.6. The monoisotopic (exact) mass is 422 g/mol. The van der Waals surface area contributed by atoms with Crippen LogP contribution in [0, 0.1) is 0 Å². The Morgan fingerprint density at radius 2 is 1.82 bits per heavy atom. The Balaban J connectivity index is 1.74. The topological polar surface area (TPSA) is 76.6 Å². The van der Waals surface area contributed by atoms with Gasteiger partial charge in [0, 0.05) is 37.0 Å². The maximum Gasteiger partial charge on any atom is 0.410 e. The van der Waals surface area contributed by atoms with E-state index in [1.807, 2.05) is 45.0 Å². The number of hydrogen-bond acceptors (Lipinski definition) is 5. The molecular weight excluding hydrogens is 400 g/mol. The number of aromatic nitrogens is 1. The van der Waals surface area contributed by atoms with Crippen LogP contribution in [0.1, 0.15) is 32.3 Å². The van der Waals surface area contributed by atoms with E-state index in [-0.39, 0.29) is 22.1 Å². The van der Waals surface area contributed by atoms with E-state index in [2.05, 4.69) is 4.98 Å². The van der Waals surface area contributed by atoms with Crippen molar-refractivity contribution < 1.29 is 17.9 Å². The van der Waals surface area contributed by atoms with Gasteiger partial charge in [0.2, 0.25) is 0 Å². The van der Waals surface area contributed by atoms with Gasteiger partial charge in [-0.2, -0.15) is 0 Å². The first-order valence-corrected chi connectivity index (χ1v) is 11.1. The number of sulfone groups is 1. The van der Waals surface area contributed by atoms with E-state index >= 15 is 0 Å². The Hall–Kier alpha value is -2.12. The van der Waals surface area contributed by atoms with E-state index in [1.165, 1.54) is 12.3 Å². The highest BCUT2D eigenvalue weighted by Crippen LogP contribution is 2.32. The minimum absolute atomic E-state index is 0.137. The smallest absolute Gasteiger partial charge is 0.410 e. The van der Waals surface area contributed by atoms with Crippen molar-refractivity contribution in [1.82, 2.24) is 9.88 Å². The third-order valence-electron chi connectivity index (χ3n) is 4.46. The van der Waals surface area contributed by atoms with Crippen LogP contribution in [0.25, 0.3) is 11.1 Å². The van der Waals surface area contributed by atoms with Crippen LogP contribution in [-0.2, 0) is 14.6 Å². The molecule has 1 fully saturated rings. The molecule has 6 nitrogen and oxygen atoms in total. The second-order valence-corrected chi connectivity index (χ2v) is 10.4. The van der Waals surface area contributed by atoms with Crippen LogP contribution >= 0.6 is 11.6 Å². The molecule has 8 heteroatoms. The van der Waals surface area contributed by atoms with Crippen LogP contribution in [0.2, 0.25) is 5.15 Å². The minimum Gasteiger partial charge on any atom is -0.444 e. The van der Waals surface area contributed by atoms with Crippen LogP contribution < -0.4 is 0 Å². The summed E-state index contributed by atoms with van der Waals surface area (Å²) in [6.07, 6.45) is 2.32. The van der Waals surface area contributed by atoms with E-state index < -0.39 is 15.4 Å². The van der Waals surface area contributed by atoms with E-state index in [9.17, 15) is 13.2 Å². The molecule has 0 saturated carbocycles. The number of likely N-dealkylation sites (tertiary alicyclic amines) is 1. The lowest BCUT2D eigenvalue weighted by Crippen LogP contribution is -2.50.